The number of unbranched alkanes of at least 4 members (excludes halogenated alkanes) is 40. The number of phosphoric acid groups is 2. The molecule has 0 bridgehead atoms. The number of aliphatic hydroxyl groups is 1. The van der Waals surface area contributed by atoms with Crippen molar-refractivity contribution in [3.05, 3.63) is 0 Å². The van der Waals surface area contributed by atoms with Crippen LogP contribution in [0.3, 0.4) is 0 Å². The van der Waals surface area contributed by atoms with Crippen molar-refractivity contribution in [2.75, 3.05) is 39.6 Å². The maximum atomic E-state index is 13.0. The van der Waals surface area contributed by atoms with E-state index in [-0.39, 0.29) is 25.7 Å². The van der Waals surface area contributed by atoms with Gasteiger partial charge in [-0.05, 0) is 37.5 Å². The Morgan fingerprint density at radius 1 is 0.319 bits per heavy atom. The highest BCUT2D eigenvalue weighted by molar-refractivity contribution is 7.47. The summed E-state index contributed by atoms with van der Waals surface area (Å²) in [4.78, 5) is 72.6. The van der Waals surface area contributed by atoms with Crippen molar-refractivity contribution in [2.45, 2.75) is 387 Å². The fourth-order valence-corrected chi connectivity index (χ4v) is 12.5. The van der Waals surface area contributed by atoms with E-state index >= 15 is 0 Å². The van der Waals surface area contributed by atoms with Gasteiger partial charge in [-0.3, -0.25) is 37.3 Å². The molecule has 0 radical (unpaired) electrons. The topological polar surface area (TPSA) is 237 Å². The second kappa shape index (κ2) is 64.1. The molecule has 19 heteroatoms. The lowest BCUT2D eigenvalue weighted by atomic mass is 10.00. The Hall–Kier alpha value is -1.94. The van der Waals surface area contributed by atoms with E-state index < -0.39 is 97.5 Å². The van der Waals surface area contributed by atoms with Crippen LogP contribution in [-0.2, 0) is 65.4 Å². The van der Waals surface area contributed by atoms with E-state index in [1.165, 1.54) is 180 Å². The largest absolute Gasteiger partial charge is 0.472 e. The van der Waals surface area contributed by atoms with Gasteiger partial charge in [0.05, 0.1) is 26.4 Å². The van der Waals surface area contributed by atoms with Crippen molar-refractivity contribution < 1.29 is 80.2 Å². The molecule has 6 atom stereocenters. The highest BCUT2D eigenvalue weighted by Gasteiger charge is 2.30. The minimum absolute atomic E-state index is 0.102. The molecule has 0 aliphatic rings. The third-order valence-corrected chi connectivity index (χ3v) is 19.0. The van der Waals surface area contributed by atoms with Crippen molar-refractivity contribution in [1.82, 2.24) is 0 Å². The monoisotopic (exact) mass is 1340 g/mol. The van der Waals surface area contributed by atoms with Gasteiger partial charge in [0.1, 0.15) is 19.3 Å². The normalized spacial score (nSPS) is 14.4. The Balaban J connectivity index is 5.23. The molecule has 0 aliphatic carbocycles. The molecule has 3 unspecified atom stereocenters. The van der Waals surface area contributed by atoms with Gasteiger partial charge in [0.2, 0.25) is 0 Å². The summed E-state index contributed by atoms with van der Waals surface area (Å²) in [7, 11) is -9.90. The maximum Gasteiger partial charge on any atom is 0.472 e. The van der Waals surface area contributed by atoms with Crippen LogP contribution in [0.25, 0.3) is 0 Å². The highest BCUT2D eigenvalue weighted by Crippen LogP contribution is 2.45. The summed E-state index contributed by atoms with van der Waals surface area (Å²) in [5.41, 5.74) is 0. The first-order valence-corrected chi connectivity index (χ1v) is 40.5. The Morgan fingerprint density at radius 3 is 0.835 bits per heavy atom. The van der Waals surface area contributed by atoms with Gasteiger partial charge < -0.3 is 33.8 Å². The molecule has 91 heavy (non-hydrogen) atoms. The van der Waals surface area contributed by atoms with Crippen LogP contribution in [-0.4, -0.2) is 96.7 Å². The zero-order chi connectivity index (χ0) is 67.2. The molecule has 0 rings (SSSR count). The Labute approximate surface area is 556 Å². The molecule has 3 N–H and O–H groups in total. The summed E-state index contributed by atoms with van der Waals surface area (Å²) < 4.78 is 68.3. The smallest absolute Gasteiger partial charge is 0.462 e. The molecular weight excluding hydrogens is 1200 g/mol. The Morgan fingerprint density at radius 2 is 0.560 bits per heavy atom. The van der Waals surface area contributed by atoms with Crippen molar-refractivity contribution in [1.29, 1.82) is 0 Å². The summed E-state index contributed by atoms with van der Waals surface area (Å²) in [6.07, 6.45) is 50.2. The second-order valence-corrected chi connectivity index (χ2v) is 29.6. The summed E-state index contributed by atoms with van der Waals surface area (Å²) in [6, 6.07) is 0. The molecule has 0 aromatic rings. The van der Waals surface area contributed by atoms with E-state index in [9.17, 15) is 43.2 Å². The average Bonchev–Trinajstić information content (AvgIpc) is 3.21. The number of ether oxygens (including phenoxy) is 4. The predicted octanol–water partition coefficient (Wildman–Crippen LogP) is 20.8. The van der Waals surface area contributed by atoms with E-state index in [1.807, 2.05) is 0 Å². The SMILES string of the molecule is CCCCCCCCCCCCCCCCCCCC(=O)O[C@H](COC(=O)CCCCCCCCCCCCCCCCC)COP(=O)(O)OC[C@@H](O)COP(=O)(O)OC[C@@H](COC(=O)CCCCCCCCC(C)C)OC(=O)CCCCCCCCC(C)CC. The summed E-state index contributed by atoms with van der Waals surface area (Å²) in [6.45, 7) is 9.43. The van der Waals surface area contributed by atoms with Crippen LogP contribution in [0, 0.1) is 11.8 Å². The first-order valence-electron chi connectivity index (χ1n) is 37.5. The van der Waals surface area contributed by atoms with Gasteiger partial charge in [0, 0.05) is 25.7 Å². The zero-order valence-corrected chi connectivity index (χ0v) is 60.9. The molecule has 0 spiro atoms. The van der Waals surface area contributed by atoms with Gasteiger partial charge in [-0.15, -0.1) is 0 Å². The van der Waals surface area contributed by atoms with Gasteiger partial charge >= 0.3 is 39.5 Å². The van der Waals surface area contributed by atoms with Crippen LogP contribution >= 0.6 is 15.6 Å². The minimum Gasteiger partial charge on any atom is -0.462 e. The summed E-state index contributed by atoms with van der Waals surface area (Å²) >= 11 is 0. The van der Waals surface area contributed by atoms with E-state index in [2.05, 4.69) is 41.5 Å². The number of carbonyl (C=O) groups excluding carboxylic acids is 4. The second-order valence-electron chi connectivity index (χ2n) is 26.7. The summed E-state index contributed by atoms with van der Waals surface area (Å²) in [5.74, 6) is -0.726. The minimum atomic E-state index is -4.95. The fraction of sp³-hybridized carbons (Fsp3) is 0.944. The van der Waals surface area contributed by atoms with Gasteiger partial charge in [-0.2, -0.15) is 0 Å². The zero-order valence-electron chi connectivity index (χ0n) is 59.1. The lowest BCUT2D eigenvalue weighted by Crippen LogP contribution is -2.30. The molecule has 17 nitrogen and oxygen atoms in total. The quantitative estimate of drug-likeness (QED) is 0.0222. The van der Waals surface area contributed by atoms with Crippen molar-refractivity contribution in [2.24, 2.45) is 11.8 Å². The van der Waals surface area contributed by atoms with E-state index in [0.29, 0.717) is 31.6 Å². The number of hydrogen-bond donors (Lipinski definition) is 3. The van der Waals surface area contributed by atoms with Crippen LogP contribution in [0.2, 0.25) is 0 Å². The van der Waals surface area contributed by atoms with Crippen LogP contribution < -0.4 is 0 Å². The van der Waals surface area contributed by atoms with Crippen molar-refractivity contribution in [3.63, 3.8) is 0 Å². The van der Waals surface area contributed by atoms with E-state index in [4.69, 9.17) is 37.0 Å². The maximum absolute atomic E-state index is 13.0. The predicted molar refractivity (Wildman–Crippen MR) is 368 cm³/mol. The number of aliphatic hydroxyl groups excluding tert-OH is 1. The third-order valence-electron chi connectivity index (χ3n) is 17.1. The fourth-order valence-electron chi connectivity index (χ4n) is 10.9. The molecule has 0 saturated heterocycles. The third kappa shape index (κ3) is 65.1. The van der Waals surface area contributed by atoms with Crippen LogP contribution in [0.1, 0.15) is 369 Å². The standard InChI is InChI=1S/C72H140O17P2/c1-7-10-12-14-16-18-20-22-24-25-27-29-31-33-35-44-50-56-71(76)88-67(60-82-69(74)54-48-42-34-32-30-28-26-23-21-19-17-15-13-11-8-2)62-86-90(78,79)84-58-66(73)59-85-91(80,81)87-63-68(61-83-70(75)55-49-43-38-36-40-46-52-64(4)5)89-72(77)57-51-45-39-37-41-47-53-65(6)9-3/h64-68,73H,7-63H2,1-6H3,(H,78,79)(H,80,81)/t65?,66-,67-,68-/m1/s1. The number of hydrogen-bond acceptors (Lipinski definition) is 15. The summed E-state index contributed by atoms with van der Waals surface area (Å²) in [5, 5.41) is 10.6. The lowest BCUT2D eigenvalue weighted by Gasteiger charge is -2.21. The number of esters is 4. The van der Waals surface area contributed by atoms with Crippen LogP contribution in [0.15, 0.2) is 0 Å². The Bertz CT molecular complexity index is 1770. The van der Waals surface area contributed by atoms with Crippen LogP contribution in [0.4, 0.5) is 0 Å². The van der Waals surface area contributed by atoms with E-state index in [0.717, 1.165) is 102 Å². The van der Waals surface area contributed by atoms with Gasteiger partial charge in [-0.25, -0.2) is 9.13 Å². The number of rotatable bonds is 71. The Kier molecular flexibility index (Phi) is 62.7. The lowest BCUT2D eigenvalue weighted by molar-refractivity contribution is -0.161. The molecule has 0 saturated carbocycles. The molecule has 0 aromatic heterocycles. The molecule has 0 amide bonds. The first kappa shape index (κ1) is 89.1. The van der Waals surface area contributed by atoms with Crippen LogP contribution in [0.5, 0.6) is 0 Å². The van der Waals surface area contributed by atoms with E-state index in [1.54, 1.807) is 0 Å². The van der Waals surface area contributed by atoms with Gasteiger partial charge in [0.25, 0.3) is 0 Å². The molecular formula is C72H140O17P2. The molecule has 0 aromatic carbocycles. The van der Waals surface area contributed by atoms with Gasteiger partial charge in [0.15, 0.2) is 12.2 Å². The first-order chi connectivity index (χ1) is 43.9. The number of carbonyl (C=O) groups is 4. The van der Waals surface area contributed by atoms with Crippen molar-refractivity contribution in [3.8, 4) is 0 Å². The van der Waals surface area contributed by atoms with Gasteiger partial charge in [-0.1, -0.05) is 318 Å². The molecule has 0 heterocycles. The molecule has 540 valence electrons. The average molecular weight is 1340 g/mol. The van der Waals surface area contributed by atoms with Crippen molar-refractivity contribution >= 4 is 39.5 Å². The number of phosphoric ester groups is 2. The molecule has 0 aliphatic heterocycles. The molecule has 0 fully saturated rings. The highest BCUT2D eigenvalue weighted by atomic mass is 31.2.